The number of carbonyl (C=O) groups excluding carboxylic acids is 3. The second kappa shape index (κ2) is 11.9. The van der Waals surface area contributed by atoms with Gasteiger partial charge in [0.15, 0.2) is 11.5 Å². The number of nitrogens with two attached hydrogens (primary N) is 1. The lowest BCUT2D eigenvalue weighted by Gasteiger charge is -2.25. The number of esters is 2. The Kier molecular flexibility index (Phi) is 9.94. The molecule has 0 fully saturated rings. The van der Waals surface area contributed by atoms with Gasteiger partial charge in [-0.15, -0.1) is 0 Å². The minimum atomic E-state index is -1.35. The normalized spacial score (nSPS) is 14.5. The molecule has 0 amide bonds. The molecule has 4 atom stereocenters. The quantitative estimate of drug-likeness (QED) is 0.411. The van der Waals surface area contributed by atoms with Crippen LogP contribution in [0.1, 0.15) is 58.9 Å². The molecule has 0 aliphatic rings. The van der Waals surface area contributed by atoms with E-state index in [1.54, 1.807) is 13.8 Å². The summed E-state index contributed by atoms with van der Waals surface area (Å²) in [6.45, 7) is 7.51. The number of carboxylic acids is 1. The standard InChI is InChI=1S/C21H29NO9/c1-6-11(2)28-21(27)29-12(3)9-16(19(22)20(25)26)15-7-8-17(30-13(4)23)18(10-15)31-14(5)24/h7-8,10-12,16,19H,6,9,22H2,1-5H3,(H,25,26)/t11?,12?,16?,19-/m0/s1. The molecule has 0 radical (unpaired) electrons. The average molecular weight is 439 g/mol. The summed E-state index contributed by atoms with van der Waals surface area (Å²) in [6, 6.07) is 2.90. The first-order valence-electron chi connectivity index (χ1n) is 9.80. The molecule has 0 spiro atoms. The first kappa shape index (κ1) is 25.9. The summed E-state index contributed by atoms with van der Waals surface area (Å²) in [7, 11) is 0. The van der Waals surface area contributed by atoms with Gasteiger partial charge in [0.25, 0.3) is 0 Å². The maximum atomic E-state index is 11.9. The highest BCUT2D eigenvalue weighted by Crippen LogP contribution is 2.34. The van der Waals surface area contributed by atoms with Crippen LogP contribution in [0.15, 0.2) is 18.2 Å². The molecule has 1 aromatic carbocycles. The topological polar surface area (TPSA) is 151 Å². The number of aliphatic carboxylic acids is 1. The molecule has 0 bridgehead atoms. The highest BCUT2D eigenvalue weighted by molar-refractivity contribution is 5.76. The summed E-state index contributed by atoms with van der Waals surface area (Å²) in [6.07, 6.45) is -1.25. The molecule has 0 saturated heterocycles. The van der Waals surface area contributed by atoms with Crippen LogP contribution in [0.2, 0.25) is 0 Å². The predicted octanol–water partition coefficient (Wildman–Crippen LogP) is 2.76. The highest BCUT2D eigenvalue weighted by atomic mass is 16.7. The van der Waals surface area contributed by atoms with E-state index in [-0.39, 0.29) is 24.0 Å². The first-order valence-corrected chi connectivity index (χ1v) is 9.80. The molecular formula is C21H29NO9. The predicted molar refractivity (Wildman–Crippen MR) is 109 cm³/mol. The van der Waals surface area contributed by atoms with Crippen molar-refractivity contribution in [1.82, 2.24) is 0 Å². The van der Waals surface area contributed by atoms with Crippen molar-refractivity contribution in [1.29, 1.82) is 0 Å². The van der Waals surface area contributed by atoms with Gasteiger partial charge < -0.3 is 29.8 Å². The molecule has 10 nitrogen and oxygen atoms in total. The zero-order chi connectivity index (χ0) is 23.7. The van der Waals surface area contributed by atoms with Gasteiger partial charge in [-0.05, 0) is 44.4 Å². The Labute approximate surface area is 180 Å². The van der Waals surface area contributed by atoms with E-state index in [2.05, 4.69) is 0 Å². The fourth-order valence-corrected chi connectivity index (χ4v) is 2.74. The number of rotatable bonds is 10. The summed E-state index contributed by atoms with van der Waals surface area (Å²) in [5.41, 5.74) is 6.28. The average Bonchev–Trinajstić information content (AvgIpc) is 2.65. The summed E-state index contributed by atoms with van der Waals surface area (Å²) in [4.78, 5) is 46.2. The molecule has 172 valence electrons. The Morgan fingerprint density at radius 3 is 2.03 bits per heavy atom. The second-order valence-corrected chi connectivity index (χ2v) is 7.11. The highest BCUT2D eigenvalue weighted by Gasteiger charge is 2.30. The maximum Gasteiger partial charge on any atom is 0.508 e. The third-order valence-electron chi connectivity index (χ3n) is 4.38. The minimum absolute atomic E-state index is 0.00414. The lowest BCUT2D eigenvalue weighted by molar-refractivity contribution is -0.139. The van der Waals surface area contributed by atoms with Gasteiger partial charge in [0.1, 0.15) is 18.2 Å². The number of hydrogen-bond donors (Lipinski definition) is 2. The van der Waals surface area contributed by atoms with Crippen molar-refractivity contribution in [2.45, 2.75) is 71.6 Å². The van der Waals surface area contributed by atoms with E-state index >= 15 is 0 Å². The second-order valence-electron chi connectivity index (χ2n) is 7.11. The van der Waals surface area contributed by atoms with E-state index in [1.165, 1.54) is 32.0 Å². The summed E-state index contributed by atoms with van der Waals surface area (Å²) >= 11 is 0. The van der Waals surface area contributed by atoms with Crippen LogP contribution >= 0.6 is 0 Å². The van der Waals surface area contributed by atoms with E-state index in [1.807, 2.05) is 6.92 Å². The van der Waals surface area contributed by atoms with Crippen LogP contribution in [-0.2, 0) is 23.9 Å². The molecule has 1 rings (SSSR count). The van der Waals surface area contributed by atoms with Gasteiger partial charge in [-0.3, -0.25) is 14.4 Å². The van der Waals surface area contributed by atoms with E-state index in [0.29, 0.717) is 12.0 Å². The maximum absolute atomic E-state index is 11.9. The van der Waals surface area contributed by atoms with Gasteiger partial charge in [-0.2, -0.15) is 0 Å². The van der Waals surface area contributed by atoms with Crippen LogP contribution in [0.25, 0.3) is 0 Å². The monoisotopic (exact) mass is 439 g/mol. The largest absolute Gasteiger partial charge is 0.508 e. The third kappa shape index (κ3) is 8.63. The molecule has 0 heterocycles. The van der Waals surface area contributed by atoms with Crippen LogP contribution in [-0.4, -0.2) is 47.4 Å². The Bertz CT molecular complexity index is 808. The van der Waals surface area contributed by atoms with Crippen LogP contribution in [0.3, 0.4) is 0 Å². The molecule has 31 heavy (non-hydrogen) atoms. The van der Waals surface area contributed by atoms with Crippen molar-refractivity contribution in [3.8, 4) is 11.5 Å². The van der Waals surface area contributed by atoms with E-state index in [0.717, 1.165) is 0 Å². The zero-order valence-electron chi connectivity index (χ0n) is 18.2. The molecular weight excluding hydrogens is 410 g/mol. The number of ether oxygens (including phenoxy) is 4. The molecule has 10 heteroatoms. The summed E-state index contributed by atoms with van der Waals surface area (Å²) < 4.78 is 20.4. The number of carbonyl (C=O) groups is 4. The number of carboxylic acid groups (broad SMARTS) is 1. The molecule has 1 aromatic rings. The zero-order valence-corrected chi connectivity index (χ0v) is 18.2. The third-order valence-corrected chi connectivity index (χ3v) is 4.38. The fraction of sp³-hybridized carbons (Fsp3) is 0.524. The van der Waals surface area contributed by atoms with Gasteiger partial charge in [0.2, 0.25) is 0 Å². The Balaban J connectivity index is 3.17. The lowest BCUT2D eigenvalue weighted by Crippen LogP contribution is -2.38. The fourth-order valence-electron chi connectivity index (χ4n) is 2.74. The number of hydrogen-bond acceptors (Lipinski definition) is 9. The van der Waals surface area contributed by atoms with Gasteiger partial charge in [0.05, 0.1) is 0 Å². The van der Waals surface area contributed by atoms with Crippen molar-refractivity contribution >= 4 is 24.1 Å². The van der Waals surface area contributed by atoms with Crippen molar-refractivity contribution in [2.75, 3.05) is 0 Å². The van der Waals surface area contributed by atoms with Gasteiger partial charge in [-0.1, -0.05) is 13.0 Å². The molecule has 0 saturated carbocycles. The van der Waals surface area contributed by atoms with Crippen molar-refractivity contribution in [2.24, 2.45) is 5.73 Å². The summed E-state index contributed by atoms with van der Waals surface area (Å²) in [5.74, 6) is -3.43. The first-order chi connectivity index (χ1) is 14.4. The molecule has 3 N–H and O–H groups in total. The summed E-state index contributed by atoms with van der Waals surface area (Å²) in [5, 5.41) is 9.44. The Morgan fingerprint density at radius 1 is 0.968 bits per heavy atom. The van der Waals surface area contributed by atoms with Crippen LogP contribution in [0, 0.1) is 0 Å². The SMILES string of the molecule is CCC(C)OC(=O)OC(C)CC(c1ccc(OC(C)=O)c(OC(C)=O)c1)[C@H](N)C(=O)O. The molecule has 0 aliphatic heterocycles. The molecule has 3 unspecified atom stereocenters. The van der Waals surface area contributed by atoms with Crippen LogP contribution < -0.4 is 15.2 Å². The van der Waals surface area contributed by atoms with E-state index < -0.39 is 42.1 Å². The Hall–Kier alpha value is -3.14. The van der Waals surface area contributed by atoms with Gasteiger partial charge >= 0.3 is 24.1 Å². The molecule has 0 aromatic heterocycles. The number of benzene rings is 1. The van der Waals surface area contributed by atoms with Crippen LogP contribution in [0.4, 0.5) is 4.79 Å². The smallest absolute Gasteiger partial charge is 0.480 e. The minimum Gasteiger partial charge on any atom is -0.480 e. The Morgan fingerprint density at radius 2 is 1.52 bits per heavy atom. The van der Waals surface area contributed by atoms with E-state index in [4.69, 9.17) is 24.7 Å². The van der Waals surface area contributed by atoms with Gasteiger partial charge in [-0.25, -0.2) is 4.79 Å². The van der Waals surface area contributed by atoms with Crippen LogP contribution in [0.5, 0.6) is 11.5 Å². The molecule has 0 aliphatic carbocycles. The van der Waals surface area contributed by atoms with Gasteiger partial charge in [0, 0.05) is 19.8 Å². The van der Waals surface area contributed by atoms with Crippen molar-refractivity contribution in [3.05, 3.63) is 23.8 Å². The van der Waals surface area contributed by atoms with Crippen molar-refractivity contribution < 1.29 is 43.2 Å². The van der Waals surface area contributed by atoms with E-state index in [9.17, 15) is 24.3 Å². The lowest BCUT2D eigenvalue weighted by atomic mass is 9.87. The van der Waals surface area contributed by atoms with Crippen molar-refractivity contribution in [3.63, 3.8) is 0 Å².